The molecule has 0 aliphatic carbocycles. The second-order valence-corrected chi connectivity index (χ2v) is 11.2. The van der Waals surface area contributed by atoms with Gasteiger partial charge in [0.15, 0.2) is 0 Å². The highest BCUT2D eigenvalue weighted by Crippen LogP contribution is 2.43. The summed E-state index contributed by atoms with van der Waals surface area (Å²) in [6, 6.07) is 23.4. The number of carbonyl (C=O) groups excluding carboxylic acids is 2. The fraction of sp³-hybridized carbons (Fsp3) is 0.333. The zero-order valence-corrected chi connectivity index (χ0v) is 21.0. The maximum absolute atomic E-state index is 12.9. The molecule has 0 aliphatic rings. The van der Waals surface area contributed by atoms with Gasteiger partial charge >= 0.3 is 12.1 Å². The number of esters is 1. The van der Waals surface area contributed by atoms with Gasteiger partial charge in [-0.15, -0.1) is 0 Å². The summed E-state index contributed by atoms with van der Waals surface area (Å²) >= 11 is 0. The molecule has 0 aliphatic heterocycles. The van der Waals surface area contributed by atoms with E-state index < -0.39 is 25.3 Å². The summed E-state index contributed by atoms with van der Waals surface area (Å²) in [5.74, 6) is -1.21. The quantitative estimate of drug-likeness (QED) is 0.293. The molecule has 1 amide bonds. The van der Waals surface area contributed by atoms with Crippen LogP contribution in [0.2, 0.25) is 0 Å². The molecule has 35 heavy (non-hydrogen) atoms. The Hall–Kier alpha value is -3.15. The van der Waals surface area contributed by atoms with Gasteiger partial charge in [-0.2, -0.15) is 0 Å². The predicted octanol–water partition coefficient (Wildman–Crippen LogP) is 5.10. The van der Waals surface area contributed by atoms with Crippen LogP contribution >= 0.6 is 7.37 Å². The minimum absolute atomic E-state index is 0.0416. The van der Waals surface area contributed by atoms with Crippen LogP contribution in [0.25, 0.3) is 10.8 Å². The van der Waals surface area contributed by atoms with Gasteiger partial charge in [0.05, 0.1) is 13.0 Å². The largest absolute Gasteiger partial charge is 0.469 e. The number of hydrogen-bond donors (Lipinski definition) is 1. The fourth-order valence-corrected chi connectivity index (χ4v) is 5.66. The van der Waals surface area contributed by atoms with Gasteiger partial charge < -0.3 is 19.3 Å². The number of hydrogen-bond acceptors (Lipinski definition) is 5. The van der Waals surface area contributed by atoms with Gasteiger partial charge in [0.1, 0.15) is 6.61 Å². The number of amides is 1. The monoisotopic (exact) mass is 497 g/mol. The molecule has 0 bridgehead atoms. The standard InChI is InChI=1S/C27H32NO6P/c1-28(27(30)34-19-22-8-4-3-5-9-22)16-17-35(31,32)20-25(26(29)33-2)15-13-21-12-14-23-10-6-7-11-24(23)18-21/h3-12,14,18,25H,13,15-17,19-20H2,1-2H3,(H,31,32). The molecule has 2 atom stereocenters. The number of aryl methyl sites for hydroxylation is 1. The van der Waals surface area contributed by atoms with Crippen molar-refractivity contribution in [3.8, 4) is 0 Å². The second kappa shape index (κ2) is 12.5. The molecule has 1 N–H and O–H groups in total. The van der Waals surface area contributed by atoms with Crippen LogP contribution in [0.1, 0.15) is 17.5 Å². The van der Waals surface area contributed by atoms with Crippen molar-refractivity contribution in [1.82, 2.24) is 4.90 Å². The molecular weight excluding hydrogens is 465 g/mol. The number of methoxy groups -OCH3 is 1. The molecule has 0 spiro atoms. The van der Waals surface area contributed by atoms with E-state index in [1.807, 2.05) is 66.7 Å². The molecule has 186 valence electrons. The molecule has 8 heteroatoms. The van der Waals surface area contributed by atoms with Gasteiger partial charge in [-0.05, 0) is 34.7 Å². The number of ether oxygens (including phenoxy) is 2. The Labute approximate surface area is 206 Å². The minimum Gasteiger partial charge on any atom is -0.469 e. The zero-order chi connectivity index (χ0) is 25.3. The van der Waals surface area contributed by atoms with E-state index in [2.05, 4.69) is 6.07 Å². The molecule has 0 fully saturated rings. The lowest BCUT2D eigenvalue weighted by molar-refractivity contribution is -0.144. The molecule has 7 nitrogen and oxygen atoms in total. The summed E-state index contributed by atoms with van der Waals surface area (Å²) < 4.78 is 23.1. The number of rotatable bonds is 11. The van der Waals surface area contributed by atoms with Gasteiger partial charge in [0.25, 0.3) is 0 Å². The van der Waals surface area contributed by atoms with Crippen molar-refractivity contribution in [1.29, 1.82) is 0 Å². The maximum atomic E-state index is 12.9. The molecule has 0 aromatic heterocycles. The highest BCUT2D eigenvalue weighted by Gasteiger charge is 2.30. The van der Waals surface area contributed by atoms with Crippen LogP contribution in [0, 0.1) is 5.92 Å². The van der Waals surface area contributed by atoms with E-state index in [9.17, 15) is 19.0 Å². The Morgan fingerprint density at radius 1 is 0.971 bits per heavy atom. The molecule has 0 heterocycles. The Balaban J connectivity index is 1.52. The van der Waals surface area contributed by atoms with Gasteiger partial charge in [-0.25, -0.2) is 4.79 Å². The smallest absolute Gasteiger partial charge is 0.409 e. The summed E-state index contributed by atoms with van der Waals surface area (Å²) in [7, 11) is -0.896. The Kier molecular flexibility index (Phi) is 9.47. The summed E-state index contributed by atoms with van der Waals surface area (Å²) in [6.45, 7) is 0.167. The highest BCUT2D eigenvalue weighted by molar-refractivity contribution is 7.58. The molecule has 3 aromatic rings. The molecule has 0 saturated carbocycles. The van der Waals surface area contributed by atoms with Crippen molar-refractivity contribution in [3.05, 3.63) is 83.9 Å². The third-order valence-electron chi connectivity index (χ3n) is 5.94. The average Bonchev–Trinajstić information content (AvgIpc) is 2.88. The Morgan fingerprint density at radius 3 is 2.37 bits per heavy atom. The number of benzene rings is 3. The van der Waals surface area contributed by atoms with E-state index in [0.29, 0.717) is 12.8 Å². The van der Waals surface area contributed by atoms with E-state index in [1.54, 1.807) is 0 Å². The minimum atomic E-state index is -3.70. The third kappa shape index (κ3) is 8.23. The highest BCUT2D eigenvalue weighted by atomic mass is 31.2. The van der Waals surface area contributed by atoms with E-state index in [1.165, 1.54) is 19.1 Å². The van der Waals surface area contributed by atoms with Crippen LogP contribution in [0.4, 0.5) is 4.79 Å². The van der Waals surface area contributed by atoms with Gasteiger partial charge in [0.2, 0.25) is 7.37 Å². The number of carbonyl (C=O) groups is 2. The SMILES string of the molecule is COC(=O)C(CCc1ccc2ccccc2c1)CP(=O)(O)CCN(C)C(=O)OCc1ccccc1. The van der Waals surface area contributed by atoms with Crippen LogP contribution in [0.15, 0.2) is 72.8 Å². The van der Waals surface area contributed by atoms with Crippen molar-refractivity contribution < 1.29 is 28.5 Å². The first-order chi connectivity index (χ1) is 16.8. The van der Waals surface area contributed by atoms with Crippen molar-refractivity contribution >= 4 is 30.2 Å². The van der Waals surface area contributed by atoms with Crippen LogP contribution in [0.5, 0.6) is 0 Å². The second-order valence-electron chi connectivity index (χ2n) is 8.65. The summed E-state index contributed by atoms with van der Waals surface area (Å²) in [6.07, 6.45) is 0.0728. The molecular formula is C27H32NO6P. The summed E-state index contributed by atoms with van der Waals surface area (Å²) in [4.78, 5) is 36.4. The molecule has 0 saturated heterocycles. The topological polar surface area (TPSA) is 93.1 Å². The van der Waals surface area contributed by atoms with Crippen LogP contribution in [-0.2, 0) is 31.9 Å². The third-order valence-corrected chi connectivity index (χ3v) is 7.85. The van der Waals surface area contributed by atoms with E-state index in [0.717, 1.165) is 21.9 Å². The number of nitrogens with zero attached hydrogens (tertiary/aromatic N) is 1. The van der Waals surface area contributed by atoms with Gasteiger partial charge in [-0.1, -0.05) is 72.8 Å². The summed E-state index contributed by atoms with van der Waals surface area (Å²) in [5, 5.41) is 2.24. The molecule has 3 aromatic carbocycles. The van der Waals surface area contributed by atoms with Crippen molar-refractivity contribution in [3.63, 3.8) is 0 Å². The molecule has 2 unspecified atom stereocenters. The average molecular weight is 498 g/mol. The molecule has 0 radical (unpaired) electrons. The fourth-order valence-electron chi connectivity index (χ4n) is 3.85. The first kappa shape index (κ1) is 26.5. The summed E-state index contributed by atoms with van der Waals surface area (Å²) in [5.41, 5.74) is 1.90. The lowest BCUT2D eigenvalue weighted by Crippen LogP contribution is -2.31. The van der Waals surface area contributed by atoms with Gasteiger partial charge in [0, 0.05) is 25.9 Å². The van der Waals surface area contributed by atoms with Crippen molar-refractivity contribution in [2.75, 3.05) is 33.0 Å². The molecule has 3 rings (SSSR count). The van der Waals surface area contributed by atoms with E-state index in [4.69, 9.17) is 9.47 Å². The number of fused-ring (bicyclic) bond motifs is 1. The van der Waals surface area contributed by atoms with Gasteiger partial charge in [-0.3, -0.25) is 9.36 Å². The Morgan fingerprint density at radius 2 is 1.66 bits per heavy atom. The lowest BCUT2D eigenvalue weighted by atomic mass is 9.99. The van der Waals surface area contributed by atoms with Crippen LogP contribution in [0.3, 0.4) is 0 Å². The zero-order valence-electron chi connectivity index (χ0n) is 20.1. The van der Waals surface area contributed by atoms with Crippen LogP contribution < -0.4 is 0 Å². The first-order valence-electron chi connectivity index (χ1n) is 11.6. The predicted molar refractivity (Wildman–Crippen MR) is 137 cm³/mol. The normalized spacial score (nSPS) is 13.6. The van der Waals surface area contributed by atoms with Crippen LogP contribution in [-0.4, -0.2) is 54.9 Å². The first-order valence-corrected chi connectivity index (χ1v) is 13.6. The van der Waals surface area contributed by atoms with Crippen molar-refractivity contribution in [2.24, 2.45) is 5.92 Å². The Bertz CT molecular complexity index is 1180. The van der Waals surface area contributed by atoms with E-state index in [-0.39, 0.29) is 25.5 Å². The lowest BCUT2D eigenvalue weighted by Gasteiger charge is -2.22. The van der Waals surface area contributed by atoms with E-state index >= 15 is 0 Å². The van der Waals surface area contributed by atoms with Crippen molar-refractivity contribution in [2.45, 2.75) is 19.4 Å². The maximum Gasteiger partial charge on any atom is 0.409 e.